The van der Waals surface area contributed by atoms with Gasteiger partial charge < -0.3 is 19.8 Å². The molecule has 1 fully saturated rings. The normalized spacial score (nSPS) is 15.9. The zero-order valence-corrected chi connectivity index (χ0v) is 17.7. The Morgan fingerprint density at radius 3 is 1.87 bits per heavy atom. The van der Waals surface area contributed by atoms with E-state index in [1.165, 1.54) is 0 Å². The zero-order chi connectivity index (χ0) is 21.5. The predicted molar refractivity (Wildman–Crippen MR) is 123 cm³/mol. The minimum absolute atomic E-state index is 0.199. The Hall–Kier alpha value is -2.86. The van der Waals surface area contributed by atoms with E-state index in [9.17, 15) is 10.2 Å². The molecule has 1 aliphatic rings. The molecule has 1 heterocycles. The summed E-state index contributed by atoms with van der Waals surface area (Å²) in [5.74, 6) is 0.317. The van der Waals surface area contributed by atoms with Crippen molar-refractivity contribution in [3.8, 4) is 5.75 Å². The Balaban J connectivity index is 1.30. The van der Waals surface area contributed by atoms with E-state index < -0.39 is 6.10 Å². The molecule has 0 amide bonds. The molecule has 0 radical (unpaired) electrons. The first kappa shape index (κ1) is 21.4. The van der Waals surface area contributed by atoms with Crippen molar-refractivity contribution in [3.63, 3.8) is 0 Å². The number of anilines is 1. The van der Waals surface area contributed by atoms with E-state index in [1.54, 1.807) is 6.07 Å². The first-order chi connectivity index (χ1) is 15.2. The van der Waals surface area contributed by atoms with Crippen LogP contribution in [0.25, 0.3) is 0 Å². The van der Waals surface area contributed by atoms with Crippen molar-refractivity contribution in [1.82, 2.24) is 4.90 Å². The molecule has 1 saturated heterocycles. The van der Waals surface area contributed by atoms with Gasteiger partial charge in [-0.3, -0.25) is 4.90 Å². The molecule has 1 atom stereocenters. The molecule has 4 rings (SSSR count). The average molecular weight is 419 g/mol. The van der Waals surface area contributed by atoms with Crippen LogP contribution in [0.4, 0.5) is 5.69 Å². The number of aliphatic hydroxyl groups is 1. The summed E-state index contributed by atoms with van der Waals surface area (Å²) >= 11 is 0. The van der Waals surface area contributed by atoms with Gasteiger partial charge in [0.2, 0.25) is 0 Å². The Kier molecular flexibility index (Phi) is 7.20. The van der Waals surface area contributed by atoms with E-state index in [-0.39, 0.29) is 12.7 Å². The average Bonchev–Trinajstić information content (AvgIpc) is 2.82. The minimum Gasteiger partial charge on any atom is -0.506 e. The fraction of sp³-hybridized carbons (Fsp3) is 0.308. The highest BCUT2D eigenvalue weighted by Gasteiger charge is 2.22. The van der Waals surface area contributed by atoms with Crippen molar-refractivity contribution < 1.29 is 14.9 Å². The van der Waals surface area contributed by atoms with Crippen molar-refractivity contribution in [2.75, 3.05) is 44.2 Å². The maximum absolute atomic E-state index is 10.7. The van der Waals surface area contributed by atoms with Gasteiger partial charge in [-0.15, -0.1) is 0 Å². The fourth-order valence-electron chi connectivity index (χ4n) is 4.10. The van der Waals surface area contributed by atoms with E-state index in [0.29, 0.717) is 12.3 Å². The summed E-state index contributed by atoms with van der Waals surface area (Å²) in [6, 6.07) is 27.7. The monoisotopic (exact) mass is 418 g/mol. The van der Waals surface area contributed by atoms with Crippen LogP contribution in [-0.4, -0.2) is 60.5 Å². The third-order valence-electron chi connectivity index (χ3n) is 5.72. The van der Waals surface area contributed by atoms with Crippen LogP contribution in [0.1, 0.15) is 17.2 Å². The first-order valence-electron chi connectivity index (χ1n) is 10.9. The van der Waals surface area contributed by atoms with Crippen LogP contribution in [0.3, 0.4) is 0 Å². The molecule has 31 heavy (non-hydrogen) atoms. The lowest BCUT2D eigenvalue weighted by molar-refractivity contribution is -0.00894. The zero-order valence-electron chi connectivity index (χ0n) is 17.7. The summed E-state index contributed by atoms with van der Waals surface area (Å²) in [5.41, 5.74) is 3.04. The highest BCUT2D eigenvalue weighted by Crippen LogP contribution is 2.28. The number of para-hydroxylation sites is 2. The number of benzene rings is 3. The summed E-state index contributed by atoms with van der Waals surface area (Å²) in [6.45, 7) is 4.17. The predicted octanol–water partition coefficient (Wildman–Crippen LogP) is 3.68. The Labute approximate surface area is 184 Å². The van der Waals surface area contributed by atoms with E-state index >= 15 is 0 Å². The molecule has 1 aliphatic heterocycles. The molecule has 5 nitrogen and oxygen atoms in total. The topological polar surface area (TPSA) is 56.2 Å². The SMILES string of the molecule is Oc1ccccc1N1CCN(CC(O)COC(c2ccccc2)c2ccccc2)CC1. The molecule has 0 bridgehead atoms. The summed E-state index contributed by atoms with van der Waals surface area (Å²) in [7, 11) is 0. The highest BCUT2D eigenvalue weighted by molar-refractivity contribution is 5.57. The lowest BCUT2D eigenvalue weighted by Gasteiger charge is -2.37. The van der Waals surface area contributed by atoms with Crippen LogP contribution in [0.5, 0.6) is 5.75 Å². The molecule has 162 valence electrons. The second-order valence-corrected chi connectivity index (χ2v) is 7.96. The van der Waals surface area contributed by atoms with Crippen molar-refractivity contribution in [2.24, 2.45) is 0 Å². The van der Waals surface area contributed by atoms with Crippen LogP contribution in [-0.2, 0) is 4.74 Å². The molecule has 0 aliphatic carbocycles. The number of ether oxygens (including phenoxy) is 1. The molecule has 0 spiro atoms. The number of nitrogens with zero attached hydrogens (tertiary/aromatic N) is 2. The Bertz CT molecular complexity index is 888. The van der Waals surface area contributed by atoms with Crippen molar-refractivity contribution in [1.29, 1.82) is 0 Å². The summed E-state index contributed by atoms with van der Waals surface area (Å²) in [4.78, 5) is 4.44. The van der Waals surface area contributed by atoms with Crippen LogP contribution in [0, 0.1) is 0 Å². The molecular formula is C26H30N2O3. The van der Waals surface area contributed by atoms with Gasteiger partial charge >= 0.3 is 0 Å². The van der Waals surface area contributed by atoms with Gasteiger partial charge in [0.05, 0.1) is 18.4 Å². The van der Waals surface area contributed by atoms with Crippen molar-refractivity contribution >= 4 is 5.69 Å². The second kappa shape index (κ2) is 10.4. The van der Waals surface area contributed by atoms with E-state index in [2.05, 4.69) is 34.1 Å². The highest BCUT2D eigenvalue weighted by atomic mass is 16.5. The standard InChI is InChI=1S/C26H30N2O3/c29-23(19-27-15-17-28(18-16-27)24-13-7-8-14-25(24)30)20-31-26(21-9-3-1-4-10-21)22-11-5-2-6-12-22/h1-14,23,26,29-30H,15-20H2. The molecule has 3 aromatic carbocycles. The molecule has 0 saturated carbocycles. The van der Waals surface area contributed by atoms with Gasteiger partial charge in [-0.25, -0.2) is 0 Å². The van der Waals surface area contributed by atoms with Crippen LogP contribution >= 0.6 is 0 Å². The smallest absolute Gasteiger partial charge is 0.138 e. The van der Waals surface area contributed by atoms with Gasteiger partial charge in [-0.2, -0.15) is 0 Å². The minimum atomic E-state index is -0.563. The number of hydrogen-bond donors (Lipinski definition) is 2. The van der Waals surface area contributed by atoms with E-state index in [4.69, 9.17) is 4.74 Å². The van der Waals surface area contributed by atoms with E-state index in [1.807, 2.05) is 54.6 Å². The van der Waals surface area contributed by atoms with Crippen LogP contribution in [0.2, 0.25) is 0 Å². The van der Waals surface area contributed by atoms with Crippen molar-refractivity contribution in [3.05, 3.63) is 96.1 Å². The third kappa shape index (κ3) is 5.64. The third-order valence-corrected chi connectivity index (χ3v) is 5.72. The first-order valence-corrected chi connectivity index (χ1v) is 10.9. The van der Waals surface area contributed by atoms with Crippen LogP contribution in [0.15, 0.2) is 84.9 Å². The lowest BCUT2D eigenvalue weighted by Crippen LogP contribution is -2.49. The number of aromatic hydroxyl groups is 1. The summed E-state index contributed by atoms with van der Waals surface area (Å²) < 4.78 is 6.20. The Morgan fingerprint density at radius 1 is 0.742 bits per heavy atom. The molecule has 3 aromatic rings. The molecular weight excluding hydrogens is 388 g/mol. The number of phenolic OH excluding ortho intramolecular Hbond substituents is 1. The Morgan fingerprint density at radius 2 is 1.29 bits per heavy atom. The van der Waals surface area contributed by atoms with Gasteiger partial charge in [0.25, 0.3) is 0 Å². The molecule has 2 N–H and O–H groups in total. The maximum Gasteiger partial charge on any atom is 0.138 e. The number of hydrogen-bond acceptors (Lipinski definition) is 5. The van der Waals surface area contributed by atoms with Gasteiger partial charge in [-0.05, 0) is 23.3 Å². The van der Waals surface area contributed by atoms with Gasteiger partial charge in [0, 0.05) is 32.7 Å². The molecule has 0 aromatic heterocycles. The number of piperazine rings is 1. The van der Waals surface area contributed by atoms with Gasteiger partial charge in [-0.1, -0.05) is 72.8 Å². The quantitative estimate of drug-likeness (QED) is 0.585. The number of β-amino-alcohol motifs (C(OH)–C–C–N with tert-alkyl or cyclic N) is 1. The largest absolute Gasteiger partial charge is 0.506 e. The van der Waals surface area contributed by atoms with Crippen molar-refractivity contribution in [2.45, 2.75) is 12.2 Å². The molecule has 5 heteroatoms. The lowest BCUT2D eigenvalue weighted by atomic mass is 10.0. The second-order valence-electron chi connectivity index (χ2n) is 7.96. The van der Waals surface area contributed by atoms with Gasteiger partial charge in [0.1, 0.15) is 11.9 Å². The number of aliphatic hydroxyl groups excluding tert-OH is 1. The number of rotatable bonds is 8. The molecule has 1 unspecified atom stereocenters. The summed E-state index contributed by atoms with van der Waals surface area (Å²) in [6.07, 6.45) is -0.762. The number of phenols is 1. The van der Waals surface area contributed by atoms with Crippen LogP contribution < -0.4 is 4.90 Å². The maximum atomic E-state index is 10.7. The van der Waals surface area contributed by atoms with Gasteiger partial charge in [0.15, 0.2) is 0 Å². The van der Waals surface area contributed by atoms with E-state index in [0.717, 1.165) is 43.0 Å². The summed E-state index contributed by atoms with van der Waals surface area (Å²) in [5, 5.41) is 20.7. The fourth-order valence-corrected chi connectivity index (χ4v) is 4.10.